The maximum atomic E-state index is 12.7. The molecule has 3 amide bonds. The molecule has 1 unspecified atom stereocenters. The summed E-state index contributed by atoms with van der Waals surface area (Å²) in [5.41, 5.74) is 6.46. The largest absolute Gasteiger partial charge is 0.480 e. The highest BCUT2D eigenvalue weighted by Gasteiger charge is 2.40. The lowest BCUT2D eigenvalue weighted by molar-refractivity contribution is -0.142. The molecular weight excluding hydrogens is 454 g/mol. The molecule has 178 valence electrons. The number of carbonyl (C=O) groups is 4. The monoisotopic (exact) mass is 475 g/mol. The second-order valence-corrected chi connectivity index (χ2v) is 8.26. The van der Waals surface area contributed by atoms with E-state index in [0.29, 0.717) is 0 Å². The lowest BCUT2D eigenvalue weighted by Crippen LogP contribution is -2.46. The van der Waals surface area contributed by atoms with E-state index in [1.807, 2.05) is 48.5 Å². The van der Waals surface area contributed by atoms with Crippen LogP contribution in [-0.4, -0.2) is 56.4 Å². The van der Waals surface area contributed by atoms with E-state index in [1.165, 1.54) is 17.8 Å². The zero-order valence-corrected chi connectivity index (χ0v) is 18.6. The first-order valence-corrected chi connectivity index (χ1v) is 10.9. The first-order chi connectivity index (χ1) is 16.8. The van der Waals surface area contributed by atoms with Gasteiger partial charge in [0.05, 0.1) is 6.42 Å². The van der Waals surface area contributed by atoms with Gasteiger partial charge in [-0.05, 0) is 22.3 Å². The number of nitrogens with one attached hydrogen (secondary N) is 2. The van der Waals surface area contributed by atoms with Gasteiger partial charge in [-0.3, -0.25) is 25.0 Å². The molecular formula is C24H21N5O6. The molecule has 5 rings (SSSR count). The van der Waals surface area contributed by atoms with Gasteiger partial charge in [0.2, 0.25) is 5.91 Å². The van der Waals surface area contributed by atoms with Gasteiger partial charge in [-0.25, -0.2) is 14.6 Å². The van der Waals surface area contributed by atoms with Gasteiger partial charge in [0, 0.05) is 19.0 Å². The van der Waals surface area contributed by atoms with Crippen LogP contribution in [0.25, 0.3) is 11.1 Å². The summed E-state index contributed by atoms with van der Waals surface area (Å²) < 4.78 is 6.76. The van der Waals surface area contributed by atoms with Crippen LogP contribution in [0, 0.1) is 0 Å². The maximum Gasteiger partial charge on any atom is 0.412 e. The highest BCUT2D eigenvalue weighted by atomic mass is 16.5. The van der Waals surface area contributed by atoms with Crippen LogP contribution in [0.1, 0.15) is 34.0 Å². The molecule has 0 radical (unpaired) electrons. The highest BCUT2D eigenvalue weighted by molar-refractivity contribution is 6.00. The number of anilines is 1. The Hall–Kier alpha value is -4.67. The van der Waals surface area contributed by atoms with E-state index in [-0.39, 0.29) is 30.5 Å². The number of fused-ring (bicyclic) bond motifs is 3. The molecule has 1 aliphatic carbocycles. The number of aryl methyl sites for hydroxylation is 1. The number of rotatable bonds is 5. The predicted molar refractivity (Wildman–Crippen MR) is 122 cm³/mol. The molecule has 1 aliphatic heterocycles. The van der Waals surface area contributed by atoms with Gasteiger partial charge in [0.1, 0.15) is 12.4 Å². The van der Waals surface area contributed by atoms with Crippen molar-refractivity contribution >= 4 is 29.7 Å². The van der Waals surface area contributed by atoms with Crippen molar-refractivity contribution in [3.05, 3.63) is 71.4 Å². The molecule has 3 N–H and O–H groups in total. The Morgan fingerprint density at radius 2 is 1.74 bits per heavy atom. The number of aromatic nitrogens is 2. The molecule has 3 aromatic rings. The molecule has 11 nitrogen and oxygen atoms in total. The Balaban J connectivity index is 1.27. The van der Waals surface area contributed by atoms with Gasteiger partial charge in [-0.1, -0.05) is 48.5 Å². The number of carbonyl (C=O) groups excluding carboxylic acids is 3. The van der Waals surface area contributed by atoms with E-state index in [2.05, 4.69) is 15.8 Å². The molecule has 1 aromatic heterocycles. The zero-order valence-electron chi connectivity index (χ0n) is 18.6. The number of benzene rings is 2. The number of hydrogen-bond donors (Lipinski definition) is 3. The summed E-state index contributed by atoms with van der Waals surface area (Å²) in [7, 11) is 1.51. The molecule has 2 aliphatic rings. The van der Waals surface area contributed by atoms with Crippen molar-refractivity contribution in [1.29, 1.82) is 0 Å². The molecule has 35 heavy (non-hydrogen) atoms. The third-order valence-corrected chi connectivity index (χ3v) is 6.11. The fourth-order valence-electron chi connectivity index (χ4n) is 4.47. The molecule has 1 fully saturated rings. The topological polar surface area (TPSA) is 143 Å². The number of hydrazine groups is 1. The van der Waals surface area contributed by atoms with Gasteiger partial charge >= 0.3 is 12.1 Å². The van der Waals surface area contributed by atoms with Crippen LogP contribution < -0.4 is 10.7 Å². The fraction of sp³-hybridized carbons (Fsp3) is 0.208. The fourth-order valence-corrected chi connectivity index (χ4v) is 4.47. The van der Waals surface area contributed by atoms with Gasteiger partial charge < -0.3 is 9.84 Å². The summed E-state index contributed by atoms with van der Waals surface area (Å²) in [6, 6.07) is 15.9. The first kappa shape index (κ1) is 22.1. The average Bonchev–Trinajstić information content (AvgIpc) is 3.51. The number of carboxylic acids is 1. The molecule has 0 bridgehead atoms. The summed E-state index contributed by atoms with van der Waals surface area (Å²) in [4.78, 5) is 48.2. The Morgan fingerprint density at radius 3 is 2.37 bits per heavy atom. The Bertz CT molecular complexity index is 1320. The summed E-state index contributed by atoms with van der Waals surface area (Å²) in [6.07, 6.45) is -1.08. The Labute approximate surface area is 199 Å². The highest BCUT2D eigenvalue weighted by Crippen LogP contribution is 2.44. The van der Waals surface area contributed by atoms with E-state index in [1.54, 1.807) is 0 Å². The third-order valence-electron chi connectivity index (χ3n) is 6.11. The quantitative estimate of drug-likeness (QED) is 0.513. The SMILES string of the molecule is Cn1nc(C(=O)N2NC(=O)CC2C(=O)O)cc1NC(=O)OCC1c2ccccc2-c2ccccc21. The number of carboxylic acid groups (broad SMARTS) is 1. The summed E-state index contributed by atoms with van der Waals surface area (Å²) in [5, 5.41) is 16.6. The van der Waals surface area contributed by atoms with E-state index in [0.717, 1.165) is 27.3 Å². The number of amides is 3. The summed E-state index contributed by atoms with van der Waals surface area (Å²) >= 11 is 0. The first-order valence-electron chi connectivity index (χ1n) is 10.9. The van der Waals surface area contributed by atoms with Crippen molar-refractivity contribution in [2.45, 2.75) is 18.4 Å². The minimum Gasteiger partial charge on any atom is -0.480 e. The summed E-state index contributed by atoms with van der Waals surface area (Å²) in [6.45, 7) is 0.115. The number of nitrogens with zero attached hydrogens (tertiary/aromatic N) is 3. The lowest BCUT2D eigenvalue weighted by atomic mass is 9.98. The average molecular weight is 475 g/mol. The number of hydrogen-bond acceptors (Lipinski definition) is 6. The second-order valence-electron chi connectivity index (χ2n) is 8.26. The van der Waals surface area contributed by atoms with Crippen molar-refractivity contribution in [3.8, 4) is 11.1 Å². The summed E-state index contributed by atoms with van der Waals surface area (Å²) in [5.74, 6) is -2.64. The number of aliphatic carboxylic acids is 1. The van der Waals surface area contributed by atoms with Crippen LogP contribution in [0.5, 0.6) is 0 Å². The standard InChI is InChI=1S/C24H21N5O6/c1-28-20(10-18(26-28)22(31)29-19(23(32)33)11-21(30)27-29)25-24(34)35-12-17-15-8-4-2-6-13(15)14-7-3-5-9-16(14)17/h2-10,17,19H,11-12H2,1H3,(H,25,34)(H,27,30)(H,32,33). The van der Waals surface area contributed by atoms with Crippen molar-refractivity contribution in [2.75, 3.05) is 11.9 Å². The van der Waals surface area contributed by atoms with E-state index in [4.69, 9.17) is 4.74 Å². The lowest BCUT2D eigenvalue weighted by Gasteiger charge is -2.18. The van der Waals surface area contributed by atoms with Gasteiger partial charge in [-0.2, -0.15) is 5.10 Å². The molecule has 2 heterocycles. The van der Waals surface area contributed by atoms with Crippen molar-refractivity contribution < 1.29 is 29.0 Å². The van der Waals surface area contributed by atoms with E-state index >= 15 is 0 Å². The molecule has 1 atom stereocenters. The minimum atomic E-state index is -1.34. The predicted octanol–water partition coefficient (Wildman–Crippen LogP) is 2.11. The van der Waals surface area contributed by atoms with Crippen molar-refractivity contribution in [2.24, 2.45) is 7.05 Å². The second kappa shape index (κ2) is 8.60. The third kappa shape index (κ3) is 3.97. The van der Waals surface area contributed by atoms with Crippen LogP contribution in [0.2, 0.25) is 0 Å². The van der Waals surface area contributed by atoms with Crippen molar-refractivity contribution in [3.63, 3.8) is 0 Å². The van der Waals surface area contributed by atoms with E-state index < -0.39 is 29.9 Å². The molecule has 0 saturated carbocycles. The van der Waals surface area contributed by atoms with Crippen LogP contribution >= 0.6 is 0 Å². The van der Waals surface area contributed by atoms with Crippen molar-refractivity contribution in [1.82, 2.24) is 20.2 Å². The normalized spacial score (nSPS) is 16.4. The van der Waals surface area contributed by atoms with Crippen LogP contribution in [0.15, 0.2) is 54.6 Å². The minimum absolute atomic E-state index is 0.108. The zero-order chi connectivity index (χ0) is 24.7. The van der Waals surface area contributed by atoms with Gasteiger partial charge in [0.15, 0.2) is 11.7 Å². The van der Waals surface area contributed by atoms with Gasteiger partial charge in [-0.15, -0.1) is 0 Å². The van der Waals surface area contributed by atoms with E-state index in [9.17, 15) is 24.3 Å². The van der Waals surface area contributed by atoms with Crippen LogP contribution in [0.3, 0.4) is 0 Å². The van der Waals surface area contributed by atoms with Crippen LogP contribution in [-0.2, 0) is 21.4 Å². The smallest absolute Gasteiger partial charge is 0.412 e. The molecule has 11 heteroatoms. The van der Waals surface area contributed by atoms with Gasteiger partial charge in [0.25, 0.3) is 5.91 Å². The van der Waals surface area contributed by atoms with Crippen LogP contribution in [0.4, 0.5) is 10.6 Å². The Kier molecular flexibility index (Phi) is 5.44. The maximum absolute atomic E-state index is 12.7. The molecule has 2 aromatic carbocycles. The molecule has 1 saturated heterocycles. The Morgan fingerprint density at radius 1 is 1.11 bits per heavy atom. The number of ether oxygens (including phenoxy) is 1. The molecule has 0 spiro atoms.